The minimum Gasteiger partial charge on any atom is -0.363 e. The van der Waals surface area contributed by atoms with Gasteiger partial charge in [-0.1, -0.05) is 13.0 Å². The minimum atomic E-state index is -1.69. The highest BCUT2D eigenvalue weighted by Crippen LogP contribution is 2.39. The molecule has 3 aromatic rings. The second-order valence-corrected chi connectivity index (χ2v) is 7.64. The molecular weight excluding hydrogens is 407 g/mol. The molecule has 1 N–H and O–H groups in total. The molecule has 1 aliphatic carbocycles. The number of halogens is 2. The van der Waals surface area contributed by atoms with Gasteiger partial charge in [-0.2, -0.15) is 5.26 Å². The number of nitriles is 1. The predicted molar refractivity (Wildman–Crippen MR) is 105 cm³/mol. The van der Waals surface area contributed by atoms with E-state index in [1.165, 1.54) is 18.5 Å². The van der Waals surface area contributed by atoms with Crippen molar-refractivity contribution in [3.05, 3.63) is 57.2 Å². The van der Waals surface area contributed by atoms with Crippen molar-refractivity contribution < 1.29 is 4.39 Å². The highest BCUT2D eigenvalue weighted by Gasteiger charge is 2.32. The van der Waals surface area contributed by atoms with Crippen molar-refractivity contribution >= 4 is 43.2 Å². The maximum atomic E-state index is 14.7. The van der Waals surface area contributed by atoms with Crippen molar-refractivity contribution in [2.75, 3.05) is 5.32 Å². The molecule has 1 atom stereocenters. The van der Waals surface area contributed by atoms with E-state index < -0.39 is 11.2 Å². The summed E-state index contributed by atoms with van der Waals surface area (Å²) in [5.74, 6) is 0.131. The van der Waals surface area contributed by atoms with E-state index in [0.29, 0.717) is 22.5 Å². The van der Waals surface area contributed by atoms with E-state index in [-0.39, 0.29) is 17.2 Å². The number of nitrogens with zero attached hydrogens (tertiary/aromatic N) is 4. The molecule has 27 heavy (non-hydrogen) atoms. The molecule has 0 saturated carbocycles. The van der Waals surface area contributed by atoms with Crippen LogP contribution in [0.4, 0.5) is 10.3 Å². The molecule has 0 saturated heterocycles. The summed E-state index contributed by atoms with van der Waals surface area (Å²) in [5, 5.41) is 10.4. The Kier molecular flexibility index (Phi) is 4.26. The second kappa shape index (κ2) is 6.38. The third-order valence-electron chi connectivity index (χ3n) is 4.95. The molecule has 4 rings (SSSR count). The molecule has 4 radical (unpaired) electrons. The summed E-state index contributed by atoms with van der Waals surface area (Å²) >= 11 is 3.35. The van der Waals surface area contributed by atoms with Gasteiger partial charge in [-0.25, -0.2) is 14.4 Å². The van der Waals surface area contributed by atoms with E-state index in [9.17, 15) is 4.39 Å². The number of imidazole rings is 1. The first-order chi connectivity index (χ1) is 12.8. The van der Waals surface area contributed by atoms with Gasteiger partial charge in [0.15, 0.2) is 11.3 Å². The molecule has 2 aromatic heterocycles. The van der Waals surface area contributed by atoms with Gasteiger partial charge in [0, 0.05) is 6.20 Å². The van der Waals surface area contributed by atoms with Crippen molar-refractivity contribution in [1.82, 2.24) is 14.4 Å². The molecular formula is C18H13B2BrFN5. The van der Waals surface area contributed by atoms with E-state index in [4.69, 9.17) is 21.0 Å². The number of aromatic nitrogens is 3. The van der Waals surface area contributed by atoms with E-state index in [1.54, 1.807) is 10.5 Å². The number of benzene rings is 1. The SMILES string of the molecule is [B]C([B])(Nc1ncc(Br)c2nc(C#N)cn12)c1c(F)ccc2c1CCC2C. The lowest BCUT2D eigenvalue weighted by molar-refractivity contribution is 0.601. The zero-order valence-electron chi connectivity index (χ0n) is 14.5. The largest absolute Gasteiger partial charge is 0.363 e. The Morgan fingerprint density at radius 3 is 2.96 bits per heavy atom. The number of hydrogen-bond acceptors (Lipinski definition) is 4. The molecule has 0 amide bonds. The molecule has 5 nitrogen and oxygen atoms in total. The van der Waals surface area contributed by atoms with Crippen molar-refractivity contribution in [1.29, 1.82) is 5.26 Å². The van der Waals surface area contributed by atoms with Crippen LogP contribution in [0, 0.1) is 17.1 Å². The Bertz CT molecular complexity index is 1110. The number of hydrogen-bond donors (Lipinski definition) is 1. The minimum absolute atomic E-state index is 0.215. The Morgan fingerprint density at radius 1 is 1.44 bits per heavy atom. The van der Waals surface area contributed by atoms with Crippen LogP contribution in [-0.4, -0.2) is 30.1 Å². The normalized spacial score (nSPS) is 16.3. The average Bonchev–Trinajstić information content (AvgIpc) is 3.22. The molecule has 1 aliphatic rings. The van der Waals surface area contributed by atoms with Gasteiger partial charge in [0.2, 0.25) is 5.95 Å². The summed E-state index contributed by atoms with van der Waals surface area (Å²) in [6, 6.07) is 5.19. The lowest BCUT2D eigenvalue weighted by Crippen LogP contribution is -2.39. The van der Waals surface area contributed by atoms with Crippen LogP contribution in [0.15, 0.2) is 29.0 Å². The Labute approximate surface area is 167 Å². The van der Waals surface area contributed by atoms with Crippen molar-refractivity contribution in [3.8, 4) is 6.07 Å². The molecule has 130 valence electrons. The maximum absolute atomic E-state index is 14.7. The van der Waals surface area contributed by atoms with Gasteiger partial charge in [-0.3, -0.25) is 4.40 Å². The first-order valence-electron chi connectivity index (χ1n) is 8.43. The quantitative estimate of drug-likeness (QED) is 0.662. The molecule has 1 aromatic carbocycles. The van der Waals surface area contributed by atoms with Crippen LogP contribution in [0.3, 0.4) is 0 Å². The number of fused-ring (bicyclic) bond motifs is 2. The molecule has 1 unspecified atom stereocenters. The summed E-state index contributed by atoms with van der Waals surface area (Å²) in [7, 11) is 12.7. The van der Waals surface area contributed by atoms with Gasteiger partial charge >= 0.3 is 0 Å². The highest BCUT2D eigenvalue weighted by atomic mass is 79.9. The van der Waals surface area contributed by atoms with E-state index in [1.807, 2.05) is 6.07 Å². The topological polar surface area (TPSA) is 66.0 Å². The van der Waals surface area contributed by atoms with Gasteiger partial charge in [-0.15, -0.1) is 0 Å². The van der Waals surface area contributed by atoms with Crippen LogP contribution in [0.1, 0.15) is 41.6 Å². The third-order valence-corrected chi connectivity index (χ3v) is 5.51. The Balaban J connectivity index is 1.82. The van der Waals surface area contributed by atoms with Crippen molar-refractivity contribution in [3.63, 3.8) is 0 Å². The zero-order valence-corrected chi connectivity index (χ0v) is 16.1. The summed E-state index contributed by atoms with van der Waals surface area (Å²) < 4.78 is 16.9. The highest BCUT2D eigenvalue weighted by molar-refractivity contribution is 9.10. The van der Waals surface area contributed by atoms with Crippen LogP contribution in [-0.2, 0) is 11.8 Å². The van der Waals surface area contributed by atoms with E-state index in [0.717, 1.165) is 17.5 Å². The van der Waals surface area contributed by atoms with Crippen LogP contribution in [0.5, 0.6) is 0 Å². The molecule has 0 bridgehead atoms. The number of rotatable bonds is 3. The molecule has 9 heteroatoms. The van der Waals surface area contributed by atoms with Crippen LogP contribution in [0.2, 0.25) is 0 Å². The van der Waals surface area contributed by atoms with Crippen molar-refractivity contribution in [2.24, 2.45) is 0 Å². The third kappa shape index (κ3) is 2.92. The zero-order chi connectivity index (χ0) is 19.3. The molecule has 0 aliphatic heterocycles. The Hall–Kier alpha value is -2.33. The van der Waals surface area contributed by atoms with Crippen LogP contribution < -0.4 is 5.32 Å². The van der Waals surface area contributed by atoms with Crippen molar-refractivity contribution in [2.45, 2.75) is 31.0 Å². The maximum Gasteiger partial charge on any atom is 0.208 e. The number of nitrogens with one attached hydrogen (secondary N) is 1. The second-order valence-electron chi connectivity index (χ2n) is 6.79. The van der Waals surface area contributed by atoms with Crippen LogP contribution in [0.25, 0.3) is 5.65 Å². The summed E-state index contributed by atoms with van der Waals surface area (Å²) in [5.41, 5.74) is 2.84. The number of anilines is 1. The fourth-order valence-corrected chi connectivity index (χ4v) is 4.05. The van der Waals surface area contributed by atoms with Crippen LogP contribution >= 0.6 is 15.9 Å². The average molecular weight is 420 g/mol. The molecule has 2 heterocycles. The van der Waals surface area contributed by atoms with E-state index >= 15 is 0 Å². The summed E-state index contributed by atoms with van der Waals surface area (Å²) in [6.07, 6.45) is 4.68. The van der Waals surface area contributed by atoms with Gasteiger partial charge in [0.25, 0.3) is 0 Å². The van der Waals surface area contributed by atoms with Gasteiger partial charge in [0.05, 0.1) is 26.4 Å². The van der Waals surface area contributed by atoms with Gasteiger partial charge in [-0.05, 0) is 62.8 Å². The standard InChI is InChI=1S/C18H13B2BrFN5/c1-9-2-3-12-11(9)4-5-14(22)15(12)18(19,20)26-17-24-7-13(21)16-25-10(6-23)8-27(16)17/h4-5,7-9H,2-3H2,1H3,(H,24,26). The smallest absolute Gasteiger partial charge is 0.208 e. The lowest BCUT2D eigenvalue weighted by Gasteiger charge is -2.31. The van der Waals surface area contributed by atoms with Gasteiger partial charge < -0.3 is 5.32 Å². The predicted octanol–water partition coefficient (Wildman–Crippen LogP) is 3.11. The first-order valence-corrected chi connectivity index (χ1v) is 9.22. The van der Waals surface area contributed by atoms with Gasteiger partial charge in [0.1, 0.15) is 11.9 Å². The first kappa shape index (κ1) is 18.1. The van der Waals surface area contributed by atoms with E-state index in [2.05, 4.69) is 38.1 Å². The molecule has 0 fully saturated rings. The summed E-state index contributed by atoms with van der Waals surface area (Å²) in [4.78, 5) is 8.47. The fraction of sp³-hybridized carbons (Fsp3) is 0.278. The monoisotopic (exact) mass is 419 g/mol. The lowest BCUT2D eigenvalue weighted by atomic mass is 9.57. The Morgan fingerprint density at radius 2 is 2.22 bits per heavy atom. The molecule has 0 spiro atoms. The fourth-order valence-electron chi connectivity index (χ4n) is 3.67. The summed E-state index contributed by atoms with van der Waals surface area (Å²) in [6.45, 7) is 2.10.